The lowest BCUT2D eigenvalue weighted by atomic mass is 10.1. The van der Waals surface area contributed by atoms with Crippen molar-refractivity contribution in [3.63, 3.8) is 0 Å². The molecule has 9 nitrogen and oxygen atoms in total. The number of carbonyl (C=O) groups excluding carboxylic acids is 1. The molecule has 1 aromatic carbocycles. The fraction of sp³-hybridized carbons (Fsp3) is 0.474. The number of amides is 1. The highest BCUT2D eigenvalue weighted by Crippen LogP contribution is 2.22. The molecule has 3 heterocycles. The molecule has 30 heavy (non-hydrogen) atoms. The van der Waals surface area contributed by atoms with E-state index in [9.17, 15) is 17.6 Å². The average molecular weight is 438 g/mol. The highest BCUT2D eigenvalue weighted by atomic mass is 32.2. The second-order valence-corrected chi connectivity index (χ2v) is 8.82. The number of hydrogen-bond acceptors (Lipinski definition) is 6. The van der Waals surface area contributed by atoms with Crippen molar-refractivity contribution in [2.75, 3.05) is 39.5 Å². The van der Waals surface area contributed by atoms with Crippen LogP contribution in [0.3, 0.4) is 0 Å². The highest BCUT2D eigenvalue weighted by molar-refractivity contribution is 7.89. The molecule has 2 aromatic rings. The van der Waals surface area contributed by atoms with Crippen molar-refractivity contribution < 1.29 is 27.1 Å². The van der Waals surface area contributed by atoms with Gasteiger partial charge in [0.05, 0.1) is 37.9 Å². The van der Waals surface area contributed by atoms with Gasteiger partial charge in [0.2, 0.25) is 10.0 Å². The van der Waals surface area contributed by atoms with Crippen LogP contribution in [-0.2, 0) is 39.1 Å². The number of nitrogens with zero attached hydrogens (tertiary/aromatic N) is 3. The largest absolute Gasteiger partial charge is 0.378 e. The Labute approximate surface area is 173 Å². The molecule has 4 rings (SSSR count). The molecule has 0 atom stereocenters. The van der Waals surface area contributed by atoms with Gasteiger partial charge in [-0.2, -0.15) is 5.10 Å². The number of fused-ring (bicyclic) bond motifs is 1. The number of benzene rings is 1. The summed E-state index contributed by atoms with van der Waals surface area (Å²) in [5.74, 6) is -0.664. The Hall–Kier alpha value is -2.34. The zero-order valence-corrected chi connectivity index (χ0v) is 17.2. The quantitative estimate of drug-likeness (QED) is 0.707. The Balaban J connectivity index is 1.48. The van der Waals surface area contributed by atoms with Gasteiger partial charge in [-0.15, -0.1) is 0 Å². The number of hydrogen-bond donors (Lipinski definition) is 1. The molecule has 0 bridgehead atoms. The fourth-order valence-corrected chi connectivity index (χ4v) is 4.59. The summed E-state index contributed by atoms with van der Waals surface area (Å²) in [6, 6.07) is 4.62. The minimum atomic E-state index is -3.77. The van der Waals surface area contributed by atoms with Crippen LogP contribution >= 0.6 is 0 Å². The fourth-order valence-electron chi connectivity index (χ4n) is 3.56. The smallest absolute Gasteiger partial charge is 0.274 e. The standard InChI is InChI=1S/C19H23FN4O5S/c20-14-1-3-15(4-2-14)30(26,27)21-6-7-24-17-5-10-29-13-16(17)18(22-24)19(25)23-8-11-28-12-9-23/h1-4,21H,5-13H2. The van der Waals surface area contributed by atoms with E-state index in [1.54, 1.807) is 9.58 Å². The van der Waals surface area contributed by atoms with Crippen molar-refractivity contribution >= 4 is 15.9 Å². The van der Waals surface area contributed by atoms with Gasteiger partial charge in [-0.1, -0.05) is 0 Å². The molecule has 1 N–H and O–H groups in total. The molecule has 162 valence electrons. The normalized spacial score (nSPS) is 17.0. The molecule has 2 aliphatic heterocycles. The van der Waals surface area contributed by atoms with Crippen LogP contribution < -0.4 is 4.72 Å². The highest BCUT2D eigenvalue weighted by Gasteiger charge is 2.29. The van der Waals surface area contributed by atoms with Crippen LogP contribution in [0.2, 0.25) is 0 Å². The molecule has 1 aromatic heterocycles. The van der Waals surface area contributed by atoms with Gasteiger partial charge in [-0.25, -0.2) is 17.5 Å². The molecule has 0 radical (unpaired) electrons. The number of nitrogens with one attached hydrogen (secondary N) is 1. The van der Waals surface area contributed by atoms with Crippen LogP contribution in [0.1, 0.15) is 21.7 Å². The minimum Gasteiger partial charge on any atom is -0.378 e. The van der Waals surface area contributed by atoms with E-state index in [-0.39, 0.29) is 23.9 Å². The molecular formula is C19H23FN4O5S. The molecule has 1 saturated heterocycles. The van der Waals surface area contributed by atoms with Crippen molar-refractivity contribution in [3.8, 4) is 0 Å². The third-order valence-corrected chi connectivity index (χ3v) is 6.61. The van der Waals surface area contributed by atoms with Crippen LogP contribution in [0, 0.1) is 5.82 Å². The van der Waals surface area contributed by atoms with Crippen molar-refractivity contribution in [1.29, 1.82) is 0 Å². The maximum Gasteiger partial charge on any atom is 0.274 e. The molecule has 1 amide bonds. The third-order valence-electron chi connectivity index (χ3n) is 5.14. The van der Waals surface area contributed by atoms with Gasteiger partial charge < -0.3 is 14.4 Å². The van der Waals surface area contributed by atoms with E-state index in [2.05, 4.69) is 9.82 Å². The maximum atomic E-state index is 13.0. The molecule has 0 spiro atoms. The zero-order valence-electron chi connectivity index (χ0n) is 16.3. The van der Waals surface area contributed by atoms with E-state index < -0.39 is 15.8 Å². The third kappa shape index (κ3) is 4.38. The molecule has 0 unspecified atom stereocenters. The Morgan fingerprint density at radius 2 is 1.87 bits per heavy atom. The summed E-state index contributed by atoms with van der Waals surface area (Å²) >= 11 is 0. The van der Waals surface area contributed by atoms with E-state index in [0.717, 1.165) is 23.4 Å². The predicted octanol–water partition coefficient (Wildman–Crippen LogP) is 0.546. The summed E-state index contributed by atoms with van der Waals surface area (Å²) in [4.78, 5) is 14.6. The zero-order chi connectivity index (χ0) is 21.1. The van der Waals surface area contributed by atoms with E-state index >= 15 is 0 Å². The van der Waals surface area contributed by atoms with Crippen LogP contribution in [-0.4, -0.2) is 68.5 Å². The number of carbonyl (C=O) groups is 1. The SMILES string of the molecule is O=C(c1nn(CCNS(=O)(=O)c2ccc(F)cc2)c2c1COCC2)N1CCOCC1. The van der Waals surface area contributed by atoms with Crippen molar-refractivity contribution in [2.24, 2.45) is 0 Å². The Morgan fingerprint density at radius 3 is 2.60 bits per heavy atom. The first-order valence-electron chi connectivity index (χ1n) is 9.74. The summed E-state index contributed by atoms with van der Waals surface area (Å²) in [6.45, 7) is 3.19. The van der Waals surface area contributed by atoms with Gasteiger partial charge in [-0.05, 0) is 24.3 Å². The van der Waals surface area contributed by atoms with E-state index in [0.29, 0.717) is 51.6 Å². The van der Waals surface area contributed by atoms with Gasteiger partial charge in [0.25, 0.3) is 5.91 Å². The minimum absolute atomic E-state index is 0.0111. The van der Waals surface area contributed by atoms with Gasteiger partial charge in [0, 0.05) is 37.3 Å². The van der Waals surface area contributed by atoms with Crippen molar-refractivity contribution in [3.05, 3.63) is 47.0 Å². The number of rotatable bonds is 6. The van der Waals surface area contributed by atoms with Gasteiger partial charge in [-0.3, -0.25) is 9.48 Å². The van der Waals surface area contributed by atoms with Crippen molar-refractivity contribution in [2.45, 2.75) is 24.5 Å². The Kier molecular flexibility index (Phi) is 6.14. The van der Waals surface area contributed by atoms with E-state index in [1.165, 1.54) is 12.1 Å². The average Bonchev–Trinajstić information content (AvgIpc) is 3.13. The van der Waals surface area contributed by atoms with Crippen LogP contribution in [0.5, 0.6) is 0 Å². The molecule has 1 fully saturated rings. The first-order chi connectivity index (χ1) is 14.5. The summed E-state index contributed by atoms with van der Waals surface area (Å²) in [6.07, 6.45) is 0.601. The van der Waals surface area contributed by atoms with Gasteiger partial charge >= 0.3 is 0 Å². The summed E-state index contributed by atoms with van der Waals surface area (Å²) < 4.78 is 52.8. The monoisotopic (exact) mass is 438 g/mol. The van der Waals surface area contributed by atoms with Gasteiger partial charge in [0.15, 0.2) is 5.69 Å². The number of aromatic nitrogens is 2. The maximum absolute atomic E-state index is 13.0. The molecule has 0 aliphatic carbocycles. The second-order valence-electron chi connectivity index (χ2n) is 7.06. The van der Waals surface area contributed by atoms with Crippen LogP contribution in [0.4, 0.5) is 4.39 Å². The molecule has 11 heteroatoms. The summed E-state index contributed by atoms with van der Waals surface area (Å²) in [5.41, 5.74) is 2.01. The number of ether oxygens (including phenoxy) is 2. The Morgan fingerprint density at radius 1 is 1.13 bits per heavy atom. The lowest BCUT2D eigenvalue weighted by Crippen LogP contribution is -2.41. The van der Waals surface area contributed by atoms with E-state index in [4.69, 9.17) is 9.47 Å². The van der Waals surface area contributed by atoms with Crippen molar-refractivity contribution in [1.82, 2.24) is 19.4 Å². The summed E-state index contributed by atoms with van der Waals surface area (Å²) in [7, 11) is -3.77. The molecule has 2 aliphatic rings. The Bertz CT molecular complexity index is 1020. The molecular weight excluding hydrogens is 415 g/mol. The van der Waals surface area contributed by atoms with E-state index in [1.807, 2.05) is 0 Å². The lowest BCUT2D eigenvalue weighted by molar-refractivity contribution is 0.0294. The van der Waals surface area contributed by atoms with Gasteiger partial charge in [0.1, 0.15) is 5.82 Å². The number of morpholine rings is 1. The first kappa shape index (κ1) is 20.9. The number of halogens is 1. The topological polar surface area (TPSA) is 103 Å². The van der Waals surface area contributed by atoms with Crippen LogP contribution in [0.15, 0.2) is 29.2 Å². The number of sulfonamides is 1. The second kappa shape index (κ2) is 8.80. The first-order valence-corrected chi connectivity index (χ1v) is 11.2. The van der Waals surface area contributed by atoms with Crippen LogP contribution in [0.25, 0.3) is 0 Å². The summed E-state index contributed by atoms with van der Waals surface area (Å²) in [5, 5.41) is 4.49. The molecule has 0 saturated carbocycles. The lowest BCUT2D eigenvalue weighted by Gasteiger charge is -2.26. The predicted molar refractivity (Wildman–Crippen MR) is 104 cm³/mol.